The predicted molar refractivity (Wildman–Crippen MR) is 83.7 cm³/mol. The Morgan fingerprint density at radius 3 is 2.80 bits per heavy atom. The van der Waals surface area contributed by atoms with Crippen LogP contribution in [0.1, 0.15) is 57.6 Å². The van der Waals surface area contributed by atoms with E-state index in [4.69, 9.17) is 0 Å². The second-order valence-corrected chi connectivity index (χ2v) is 5.77. The van der Waals surface area contributed by atoms with Gasteiger partial charge in [-0.3, -0.25) is 4.79 Å². The van der Waals surface area contributed by atoms with E-state index in [-0.39, 0.29) is 11.8 Å². The predicted octanol–water partition coefficient (Wildman–Crippen LogP) is 3.88. The smallest absolute Gasteiger partial charge is 0.227 e. The third-order valence-electron chi connectivity index (χ3n) is 4.08. The molecular formula is C17H26N2O. The summed E-state index contributed by atoms with van der Waals surface area (Å²) in [6.07, 6.45) is 5.59. The van der Waals surface area contributed by atoms with Crippen LogP contribution in [0, 0.1) is 5.92 Å². The quantitative estimate of drug-likeness (QED) is 0.826. The molecule has 1 aliphatic carbocycles. The summed E-state index contributed by atoms with van der Waals surface area (Å²) in [6.45, 7) is 5.34. The van der Waals surface area contributed by atoms with Crippen LogP contribution in [0.3, 0.4) is 0 Å². The summed E-state index contributed by atoms with van der Waals surface area (Å²) in [5.41, 5.74) is 2.15. The first kappa shape index (κ1) is 15.0. The number of rotatable bonds is 6. The lowest BCUT2D eigenvalue weighted by molar-refractivity contribution is -0.119. The van der Waals surface area contributed by atoms with E-state index in [0.717, 1.165) is 31.5 Å². The van der Waals surface area contributed by atoms with Gasteiger partial charge in [0.15, 0.2) is 0 Å². The molecule has 1 aromatic rings. The average Bonchev–Trinajstić information content (AvgIpc) is 2.99. The maximum atomic E-state index is 12.1. The van der Waals surface area contributed by atoms with E-state index in [0.29, 0.717) is 6.04 Å². The van der Waals surface area contributed by atoms with Gasteiger partial charge in [0.25, 0.3) is 0 Å². The second-order valence-electron chi connectivity index (χ2n) is 5.77. The fraction of sp³-hybridized carbons (Fsp3) is 0.588. The Bertz CT molecular complexity index is 438. The Hall–Kier alpha value is -1.35. The summed E-state index contributed by atoms with van der Waals surface area (Å²) in [5, 5.41) is 6.54. The molecule has 1 unspecified atom stereocenters. The summed E-state index contributed by atoms with van der Waals surface area (Å²) in [5.74, 6) is 0.406. The van der Waals surface area contributed by atoms with Crippen LogP contribution in [0.15, 0.2) is 24.3 Å². The molecule has 110 valence electrons. The van der Waals surface area contributed by atoms with E-state index in [1.165, 1.54) is 18.4 Å². The number of hydrogen-bond donors (Lipinski definition) is 2. The van der Waals surface area contributed by atoms with Gasteiger partial charge < -0.3 is 10.6 Å². The molecule has 3 nitrogen and oxygen atoms in total. The van der Waals surface area contributed by atoms with Gasteiger partial charge in [0.05, 0.1) is 0 Å². The number of nitrogens with one attached hydrogen (secondary N) is 2. The maximum absolute atomic E-state index is 12.1. The van der Waals surface area contributed by atoms with Crippen LogP contribution >= 0.6 is 0 Å². The zero-order valence-electron chi connectivity index (χ0n) is 12.6. The number of hydrogen-bond acceptors (Lipinski definition) is 2. The lowest BCUT2D eigenvalue weighted by Crippen LogP contribution is -2.21. The van der Waals surface area contributed by atoms with Gasteiger partial charge in [-0.15, -0.1) is 0 Å². The monoisotopic (exact) mass is 274 g/mol. The van der Waals surface area contributed by atoms with Crippen molar-refractivity contribution >= 4 is 11.6 Å². The molecule has 2 N–H and O–H groups in total. The Morgan fingerprint density at radius 1 is 1.35 bits per heavy atom. The summed E-state index contributed by atoms with van der Waals surface area (Å²) in [6, 6.07) is 8.50. The first-order valence-electron chi connectivity index (χ1n) is 7.85. The Morgan fingerprint density at radius 2 is 2.10 bits per heavy atom. The van der Waals surface area contributed by atoms with Crippen LogP contribution in [0.2, 0.25) is 0 Å². The van der Waals surface area contributed by atoms with Gasteiger partial charge in [0.2, 0.25) is 5.91 Å². The van der Waals surface area contributed by atoms with Gasteiger partial charge in [-0.2, -0.15) is 0 Å². The van der Waals surface area contributed by atoms with E-state index >= 15 is 0 Å². The van der Waals surface area contributed by atoms with Gasteiger partial charge in [-0.05, 0) is 50.4 Å². The minimum Gasteiger partial charge on any atom is -0.326 e. The van der Waals surface area contributed by atoms with E-state index in [1.807, 2.05) is 12.1 Å². The third-order valence-corrected chi connectivity index (χ3v) is 4.08. The van der Waals surface area contributed by atoms with Gasteiger partial charge >= 0.3 is 0 Å². The highest BCUT2D eigenvalue weighted by Crippen LogP contribution is 2.26. The van der Waals surface area contributed by atoms with Gasteiger partial charge in [0.1, 0.15) is 0 Å². The Labute approximate surface area is 122 Å². The largest absolute Gasteiger partial charge is 0.326 e. The molecule has 1 fully saturated rings. The minimum absolute atomic E-state index is 0.189. The zero-order valence-corrected chi connectivity index (χ0v) is 12.6. The van der Waals surface area contributed by atoms with Crippen molar-refractivity contribution in [3.05, 3.63) is 29.8 Å². The normalized spacial score (nSPS) is 17.1. The van der Waals surface area contributed by atoms with Crippen LogP contribution in [-0.4, -0.2) is 12.5 Å². The fourth-order valence-corrected chi connectivity index (χ4v) is 2.80. The van der Waals surface area contributed by atoms with Crippen molar-refractivity contribution in [3.63, 3.8) is 0 Å². The molecule has 20 heavy (non-hydrogen) atoms. The standard InChI is InChI=1S/C17H26N2O/c1-3-11-18-13(2)15-9-6-10-16(12-15)19-17(20)14-7-4-5-8-14/h6,9-10,12-14,18H,3-5,7-8,11H2,1-2H3,(H,19,20). The van der Waals surface area contributed by atoms with Crippen molar-refractivity contribution in [1.29, 1.82) is 0 Å². The van der Waals surface area contributed by atoms with E-state index in [9.17, 15) is 4.79 Å². The molecule has 0 bridgehead atoms. The molecule has 0 saturated heterocycles. The molecule has 0 aromatic heterocycles. The van der Waals surface area contributed by atoms with Crippen molar-refractivity contribution in [2.45, 2.75) is 52.0 Å². The highest BCUT2D eigenvalue weighted by molar-refractivity contribution is 5.92. The van der Waals surface area contributed by atoms with Crippen LogP contribution in [0.5, 0.6) is 0 Å². The fourth-order valence-electron chi connectivity index (χ4n) is 2.80. The van der Waals surface area contributed by atoms with Crippen molar-refractivity contribution in [2.24, 2.45) is 5.92 Å². The topological polar surface area (TPSA) is 41.1 Å². The first-order chi connectivity index (χ1) is 9.70. The molecule has 3 heteroatoms. The molecule has 1 aliphatic rings. The first-order valence-corrected chi connectivity index (χ1v) is 7.85. The lowest BCUT2D eigenvalue weighted by atomic mass is 10.1. The van der Waals surface area contributed by atoms with Gasteiger partial charge in [-0.1, -0.05) is 31.9 Å². The molecule has 1 atom stereocenters. The summed E-state index contributed by atoms with van der Waals surface area (Å²) < 4.78 is 0. The Kier molecular flexibility index (Phi) is 5.60. The van der Waals surface area contributed by atoms with Crippen molar-refractivity contribution < 1.29 is 4.79 Å². The van der Waals surface area contributed by atoms with E-state index in [2.05, 4.69) is 36.6 Å². The zero-order chi connectivity index (χ0) is 14.4. The third kappa shape index (κ3) is 4.07. The van der Waals surface area contributed by atoms with Crippen molar-refractivity contribution in [1.82, 2.24) is 5.32 Å². The molecular weight excluding hydrogens is 248 g/mol. The summed E-state index contributed by atoms with van der Waals surface area (Å²) >= 11 is 0. The molecule has 0 aliphatic heterocycles. The molecule has 2 rings (SSSR count). The molecule has 1 amide bonds. The van der Waals surface area contributed by atoms with Gasteiger partial charge in [0, 0.05) is 17.6 Å². The SMILES string of the molecule is CCCNC(C)c1cccc(NC(=O)C2CCCC2)c1. The number of carbonyl (C=O) groups is 1. The highest BCUT2D eigenvalue weighted by Gasteiger charge is 2.22. The van der Waals surface area contributed by atoms with E-state index in [1.54, 1.807) is 0 Å². The van der Waals surface area contributed by atoms with Crippen LogP contribution in [0.4, 0.5) is 5.69 Å². The molecule has 0 spiro atoms. The molecule has 1 saturated carbocycles. The van der Waals surface area contributed by atoms with Crippen molar-refractivity contribution in [2.75, 3.05) is 11.9 Å². The summed E-state index contributed by atoms with van der Waals surface area (Å²) in [4.78, 5) is 12.1. The summed E-state index contributed by atoms with van der Waals surface area (Å²) in [7, 11) is 0. The number of benzene rings is 1. The molecule has 0 heterocycles. The van der Waals surface area contributed by atoms with E-state index < -0.39 is 0 Å². The van der Waals surface area contributed by atoms with Gasteiger partial charge in [-0.25, -0.2) is 0 Å². The minimum atomic E-state index is 0.189. The molecule has 0 radical (unpaired) electrons. The maximum Gasteiger partial charge on any atom is 0.227 e. The van der Waals surface area contributed by atoms with Crippen LogP contribution < -0.4 is 10.6 Å². The Balaban J connectivity index is 1.96. The highest BCUT2D eigenvalue weighted by atomic mass is 16.1. The second kappa shape index (κ2) is 7.44. The lowest BCUT2D eigenvalue weighted by Gasteiger charge is -2.16. The van der Waals surface area contributed by atoms with Crippen LogP contribution in [0.25, 0.3) is 0 Å². The number of carbonyl (C=O) groups excluding carboxylic acids is 1. The molecule has 1 aromatic carbocycles. The number of amides is 1. The van der Waals surface area contributed by atoms with Crippen molar-refractivity contribution in [3.8, 4) is 0 Å². The van der Waals surface area contributed by atoms with Crippen LogP contribution in [-0.2, 0) is 4.79 Å². The number of anilines is 1. The average molecular weight is 274 g/mol.